The van der Waals surface area contributed by atoms with Crippen LogP contribution in [0.15, 0.2) is 36.3 Å². The van der Waals surface area contributed by atoms with Crippen LogP contribution in [-0.2, 0) is 6.42 Å². The number of rotatable bonds is 1. The summed E-state index contributed by atoms with van der Waals surface area (Å²) in [7, 11) is 0. The highest BCUT2D eigenvalue weighted by Gasteiger charge is 2.24. The number of hydrogen-bond donors (Lipinski definition) is 0. The Hall–Kier alpha value is -2.31. The highest BCUT2D eigenvalue weighted by atomic mass is 35.5. The lowest BCUT2D eigenvalue weighted by Gasteiger charge is -2.33. The van der Waals surface area contributed by atoms with Crippen LogP contribution in [0, 0.1) is 25.2 Å². The van der Waals surface area contributed by atoms with Gasteiger partial charge in [0.2, 0.25) is 0 Å². The van der Waals surface area contributed by atoms with Gasteiger partial charge in [-0.05, 0) is 56.0 Å². The Balaban J connectivity index is 2.25. The maximum Gasteiger partial charge on any atom is 0.0992 e. The first-order chi connectivity index (χ1) is 10.5. The molecule has 0 bridgehead atoms. The molecule has 0 N–H and O–H groups in total. The number of anilines is 2. The van der Waals surface area contributed by atoms with E-state index in [4.69, 9.17) is 16.9 Å². The number of aromatic nitrogens is 1. The monoisotopic (exact) mass is 309 g/mol. The van der Waals surface area contributed by atoms with Crippen LogP contribution in [0.4, 0.5) is 11.4 Å². The summed E-state index contributed by atoms with van der Waals surface area (Å²) in [5, 5.41) is 9.67. The maximum absolute atomic E-state index is 9.09. The summed E-state index contributed by atoms with van der Waals surface area (Å²) in [4.78, 5) is 6.47. The summed E-state index contributed by atoms with van der Waals surface area (Å²) >= 11 is 6.48. The second kappa shape index (κ2) is 5.47. The van der Waals surface area contributed by atoms with E-state index in [0.29, 0.717) is 10.6 Å². The predicted molar refractivity (Wildman–Crippen MR) is 89.5 cm³/mol. The molecule has 0 saturated carbocycles. The van der Waals surface area contributed by atoms with Crippen LogP contribution in [0.1, 0.15) is 29.2 Å². The van der Waals surface area contributed by atoms with Gasteiger partial charge >= 0.3 is 0 Å². The Morgan fingerprint density at radius 1 is 1.18 bits per heavy atom. The third-order valence-electron chi connectivity index (χ3n) is 4.05. The van der Waals surface area contributed by atoms with Gasteiger partial charge in [0.15, 0.2) is 0 Å². The van der Waals surface area contributed by atoms with Gasteiger partial charge in [0.1, 0.15) is 0 Å². The molecular formula is C18H16ClN3. The number of hydrogen-bond acceptors (Lipinski definition) is 3. The second-order valence-corrected chi connectivity index (χ2v) is 5.98. The molecule has 1 aliphatic heterocycles. The van der Waals surface area contributed by atoms with Crippen molar-refractivity contribution in [3.05, 3.63) is 63.6 Å². The molecule has 0 unspecified atom stereocenters. The second-order valence-electron chi connectivity index (χ2n) is 5.57. The lowest BCUT2D eigenvalue weighted by Crippen LogP contribution is -2.21. The average Bonchev–Trinajstić information content (AvgIpc) is 2.48. The van der Waals surface area contributed by atoms with Gasteiger partial charge in [-0.1, -0.05) is 17.7 Å². The fourth-order valence-electron chi connectivity index (χ4n) is 2.95. The number of fused-ring (bicyclic) bond motifs is 1. The zero-order valence-corrected chi connectivity index (χ0v) is 13.6. The van der Waals surface area contributed by atoms with E-state index in [-0.39, 0.29) is 0 Å². The molecule has 22 heavy (non-hydrogen) atoms. The molecule has 0 saturated heterocycles. The Labute approximate surface area is 135 Å². The Kier molecular flexibility index (Phi) is 3.64. The van der Waals surface area contributed by atoms with E-state index in [1.807, 2.05) is 25.4 Å². The van der Waals surface area contributed by atoms with E-state index in [1.165, 1.54) is 11.1 Å². The van der Waals surface area contributed by atoms with E-state index in [1.54, 1.807) is 6.07 Å². The summed E-state index contributed by atoms with van der Waals surface area (Å²) in [6.07, 6.45) is 6.87. The molecule has 0 aliphatic carbocycles. The fourth-order valence-corrected chi connectivity index (χ4v) is 3.30. The van der Waals surface area contributed by atoms with Gasteiger partial charge in [-0.2, -0.15) is 5.26 Å². The Bertz CT molecular complexity index is 808. The number of pyridine rings is 1. The summed E-state index contributed by atoms with van der Waals surface area (Å²) in [6.45, 7) is 6.12. The van der Waals surface area contributed by atoms with Crippen molar-refractivity contribution < 1.29 is 0 Å². The summed E-state index contributed by atoms with van der Waals surface area (Å²) in [5.74, 6) is 0. The first-order valence-electron chi connectivity index (χ1n) is 7.13. The number of nitriles is 1. The van der Waals surface area contributed by atoms with Gasteiger partial charge < -0.3 is 4.90 Å². The minimum absolute atomic E-state index is 0.576. The number of benzene rings is 1. The lowest BCUT2D eigenvalue weighted by atomic mass is 9.99. The molecule has 1 aliphatic rings. The van der Waals surface area contributed by atoms with Gasteiger partial charge in [-0.15, -0.1) is 0 Å². The topological polar surface area (TPSA) is 39.9 Å². The number of nitrogens with zero attached hydrogens (tertiary/aromatic N) is 3. The van der Waals surface area contributed by atoms with Crippen molar-refractivity contribution in [2.75, 3.05) is 4.90 Å². The van der Waals surface area contributed by atoms with Crippen LogP contribution < -0.4 is 4.90 Å². The molecule has 0 fully saturated rings. The quantitative estimate of drug-likeness (QED) is 0.758. The Morgan fingerprint density at radius 2 is 1.95 bits per heavy atom. The molecule has 0 atom stereocenters. The molecular weight excluding hydrogens is 294 g/mol. The zero-order valence-electron chi connectivity index (χ0n) is 12.8. The van der Waals surface area contributed by atoms with Crippen molar-refractivity contribution >= 4 is 23.0 Å². The van der Waals surface area contributed by atoms with Gasteiger partial charge in [0, 0.05) is 11.9 Å². The Morgan fingerprint density at radius 3 is 2.64 bits per heavy atom. The first kappa shape index (κ1) is 14.6. The molecule has 3 rings (SSSR count). The van der Waals surface area contributed by atoms with Crippen LogP contribution in [-0.4, -0.2) is 4.98 Å². The van der Waals surface area contributed by atoms with E-state index < -0.39 is 0 Å². The third kappa shape index (κ3) is 2.26. The molecule has 1 aromatic carbocycles. The van der Waals surface area contributed by atoms with E-state index >= 15 is 0 Å². The lowest BCUT2D eigenvalue weighted by molar-refractivity contribution is 1.01. The van der Waals surface area contributed by atoms with Crippen LogP contribution in [0.25, 0.3) is 0 Å². The van der Waals surface area contributed by atoms with E-state index in [0.717, 1.165) is 29.1 Å². The molecule has 1 aromatic heterocycles. The molecule has 4 heteroatoms. The number of halogens is 1. The molecule has 2 heterocycles. The van der Waals surface area contributed by atoms with Gasteiger partial charge in [-0.3, -0.25) is 4.98 Å². The van der Waals surface area contributed by atoms with Crippen LogP contribution >= 0.6 is 11.6 Å². The predicted octanol–water partition coefficient (Wildman–Crippen LogP) is 4.82. The van der Waals surface area contributed by atoms with E-state index in [9.17, 15) is 0 Å². The minimum Gasteiger partial charge on any atom is -0.311 e. The van der Waals surface area contributed by atoms with Crippen molar-refractivity contribution in [1.29, 1.82) is 5.26 Å². The largest absolute Gasteiger partial charge is 0.311 e. The van der Waals surface area contributed by atoms with Gasteiger partial charge in [0.25, 0.3) is 0 Å². The van der Waals surface area contributed by atoms with Crippen molar-refractivity contribution in [3.63, 3.8) is 0 Å². The molecule has 0 spiro atoms. The highest BCUT2D eigenvalue weighted by molar-refractivity contribution is 6.33. The zero-order chi connectivity index (χ0) is 15.9. The van der Waals surface area contributed by atoms with Crippen LogP contribution in [0.2, 0.25) is 5.02 Å². The standard InChI is InChI=1S/C18H16ClN3/c1-11-6-14(8-20)7-16(19)18(11)22-13(3)4-5-15-12(2)9-21-10-17(15)22/h4,6-7,9-10H,5H2,1-3H3. The normalized spacial score (nSPS) is 13.4. The molecule has 2 aromatic rings. The first-order valence-corrected chi connectivity index (χ1v) is 7.51. The van der Waals surface area contributed by atoms with Crippen LogP contribution in [0.5, 0.6) is 0 Å². The molecule has 0 radical (unpaired) electrons. The molecule has 0 amide bonds. The van der Waals surface area contributed by atoms with Crippen molar-refractivity contribution in [3.8, 4) is 6.07 Å². The van der Waals surface area contributed by atoms with Gasteiger partial charge in [-0.25, -0.2) is 0 Å². The highest BCUT2D eigenvalue weighted by Crippen LogP contribution is 2.42. The third-order valence-corrected chi connectivity index (χ3v) is 4.34. The maximum atomic E-state index is 9.09. The van der Waals surface area contributed by atoms with Gasteiger partial charge in [0.05, 0.1) is 34.2 Å². The number of aryl methyl sites for hydroxylation is 2. The molecule has 3 nitrogen and oxygen atoms in total. The average molecular weight is 310 g/mol. The van der Waals surface area contributed by atoms with Crippen molar-refractivity contribution in [2.24, 2.45) is 0 Å². The minimum atomic E-state index is 0.576. The summed E-state index contributed by atoms with van der Waals surface area (Å²) in [5.41, 5.74) is 7.10. The molecule has 110 valence electrons. The van der Waals surface area contributed by atoms with E-state index in [2.05, 4.69) is 35.9 Å². The smallest absolute Gasteiger partial charge is 0.0992 e. The number of allylic oxidation sites excluding steroid dienone is 2. The van der Waals surface area contributed by atoms with Crippen LogP contribution in [0.3, 0.4) is 0 Å². The van der Waals surface area contributed by atoms with Crippen molar-refractivity contribution in [2.45, 2.75) is 27.2 Å². The SMILES string of the molecule is CC1=CCc2c(C)cncc2N1c1c(C)cc(C#N)cc1Cl. The summed E-state index contributed by atoms with van der Waals surface area (Å²) < 4.78 is 0. The summed E-state index contributed by atoms with van der Waals surface area (Å²) in [6, 6.07) is 5.73. The van der Waals surface area contributed by atoms with Crippen molar-refractivity contribution in [1.82, 2.24) is 4.98 Å². The fraction of sp³-hybridized carbons (Fsp3) is 0.222.